The minimum Gasteiger partial charge on any atom is -0.396 e. The average Bonchev–Trinajstić information content (AvgIpc) is 2.44. The Bertz CT molecular complexity index is 547. The molecule has 5 heteroatoms. The fourth-order valence-corrected chi connectivity index (χ4v) is 2.29. The Labute approximate surface area is 118 Å². The summed E-state index contributed by atoms with van der Waals surface area (Å²) >= 11 is 6.06. The summed E-state index contributed by atoms with van der Waals surface area (Å²) in [6.07, 6.45) is 2.89. The number of unbranched alkanes of at least 4 members (excludes halogenated alkanes) is 2. The zero-order valence-electron chi connectivity index (χ0n) is 11.0. The molecule has 4 nitrogen and oxygen atoms in total. The molecule has 1 heterocycles. The van der Waals surface area contributed by atoms with Gasteiger partial charge in [0.25, 0.3) is 0 Å². The number of hydrogen-bond donors (Lipinski definition) is 1. The lowest BCUT2D eigenvalue weighted by Gasteiger charge is -2.19. The number of anilines is 1. The van der Waals surface area contributed by atoms with Crippen molar-refractivity contribution in [3.05, 3.63) is 29.4 Å². The van der Waals surface area contributed by atoms with Crippen LogP contribution in [0.2, 0.25) is 5.15 Å². The Balaban J connectivity index is 2.18. The first-order valence-corrected chi connectivity index (χ1v) is 6.84. The average molecular weight is 280 g/mol. The standard InChI is InChI=1S/C14H18ClN3O/c1-18(9-5-2-6-10-19)14-12-8-4-3-7-11(12)13(15)16-17-14/h3-4,7-8,19H,2,5-6,9-10H2,1H3. The predicted molar refractivity (Wildman–Crippen MR) is 78.8 cm³/mol. The van der Waals surface area contributed by atoms with Gasteiger partial charge in [0.05, 0.1) is 0 Å². The molecule has 0 spiro atoms. The van der Waals surface area contributed by atoms with Gasteiger partial charge in [0, 0.05) is 31.0 Å². The molecule has 19 heavy (non-hydrogen) atoms. The molecular weight excluding hydrogens is 262 g/mol. The van der Waals surface area contributed by atoms with Crippen LogP contribution in [0, 0.1) is 0 Å². The highest BCUT2D eigenvalue weighted by Gasteiger charge is 2.10. The fraction of sp³-hybridized carbons (Fsp3) is 0.429. The van der Waals surface area contributed by atoms with Crippen LogP contribution in [-0.4, -0.2) is 35.5 Å². The second kappa shape index (κ2) is 6.68. The van der Waals surface area contributed by atoms with Crippen LogP contribution in [-0.2, 0) is 0 Å². The molecule has 0 aliphatic carbocycles. The highest BCUT2D eigenvalue weighted by Crippen LogP contribution is 2.27. The molecule has 0 saturated carbocycles. The van der Waals surface area contributed by atoms with E-state index in [1.54, 1.807) is 0 Å². The minimum atomic E-state index is 0.257. The third-order valence-corrected chi connectivity index (χ3v) is 3.42. The van der Waals surface area contributed by atoms with Crippen LogP contribution in [0.4, 0.5) is 5.82 Å². The maximum atomic E-state index is 8.77. The van der Waals surface area contributed by atoms with Gasteiger partial charge in [0.15, 0.2) is 11.0 Å². The van der Waals surface area contributed by atoms with Gasteiger partial charge in [0.1, 0.15) is 0 Å². The van der Waals surface area contributed by atoms with E-state index in [-0.39, 0.29) is 6.61 Å². The summed E-state index contributed by atoms with van der Waals surface area (Å²) < 4.78 is 0. The SMILES string of the molecule is CN(CCCCCO)c1nnc(Cl)c2ccccc12. The van der Waals surface area contributed by atoms with Gasteiger partial charge in [-0.05, 0) is 19.3 Å². The number of halogens is 1. The van der Waals surface area contributed by atoms with Gasteiger partial charge in [-0.2, -0.15) is 0 Å². The predicted octanol–water partition coefficient (Wildman–Crippen LogP) is 2.88. The van der Waals surface area contributed by atoms with Crippen LogP contribution in [0.25, 0.3) is 10.8 Å². The smallest absolute Gasteiger partial charge is 0.159 e. The molecule has 0 saturated heterocycles. The zero-order valence-corrected chi connectivity index (χ0v) is 11.8. The second-order valence-corrected chi connectivity index (χ2v) is 4.92. The molecule has 1 aromatic heterocycles. The molecule has 2 rings (SSSR count). The number of nitrogens with zero attached hydrogens (tertiary/aromatic N) is 3. The number of fused-ring (bicyclic) bond motifs is 1. The van der Waals surface area contributed by atoms with Crippen LogP contribution in [0.5, 0.6) is 0 Å². The number of aliphatic hydroxyl groups is 1. The van der Waals surface area contributed by atoms with Gasteiger partial charge in [-0.3, -0.25) is 0 Å². The van der Waals surface area contributed by atoms with Crippen LogP contribution in [0.1, 0.15) is 19.3 Å². The summed E-state index contributed by atoms with van der Waals surface area (Å²) in [6.45, 7) is 1.15. The Hall–Kier alpha value is -1.39. The van der Waals surface area contributed by atoms with Crippen LogP contribution >= 0.6 is 11.6 Å². The van der Waals surface area contributed by atoms with E-state index in [0.717, 1.165) is 42.4 Å². The molecule has 1 aromatic carbocycles. The summed E-state index contributed by atoms with van der Waals surface area (Å²) in [5, 5.41) is 19.4. The molecule has 0 fully saturated rings. The maximum absolute atomic E-state index is 8.77. The van der Waals surface area contributed by atoms with E-state index in [4.69, 9.17) is 16.7 Å². The quantitative estimate of drug-likeness (QED) is 0.826. The van der Waals surface area contributed by atoms with Crippen LogP contribution in [0.3, 0.4) is 0 Å². The zero-order chi connectivity index (χ0) is 13.7. The molecular formula is C14H18ClN3O. The van der Waals surface area contributed by atoms with Gasteiger partial charge in [0.2, 0.25) is 0 Å². The monoisotopic (exact) mass is 279 g/mol. The van der Waals surface area contributed by atoms with Crippen LogP contribution in [0.15, 0.2) is 24.3 Å². The number of benzene rings is 1. The molecule has 2 aromatic rings. The van der Waals surface area contributed by atoms with E-state index in [9.17, 15) is 0 Å². The van der Waals surface area contributed by atoms with Crippen molar-refractivity contribution < 1.29 is 5.11 Å². The first-order valence-electron chi connectivity index (χ1n) is 6.47. The summed E-state index contributed by atoms with van der Waals surface area (Å²) in [5.74, 6) is 0.851. The molecule has 0 amide bonds. The van der Waals surface area contributed by atoms with E-state index in [1.165, 1.54) is 0 Å². The van der Waals surface area contributed by atoms with Gasteiger partial charge >= 0.3 is 0 Å². The van der Waals surface area contributed by atoms with Crippen molar-refractivity contribution in [3.8, 4) is 0 Å². The highest BCUT2D eigenvalue weighted by atomic mass is 35.5. The molecule has 0 unspecified atom stereocenters. The number of aliphatic hydroxyl groups excluding tert-OH is 1. The molecule has 0 atom stereocenters. The molecule has 102 valence electrons. The van der Waals surface area contributed by atoms with Gasteiger partial charge in [-0.1, -0.05) is 35.9 Å². The normalized spacial score (nSPS) is 10.9. The fourth-order valence-electron chi connectivity index (χ4n) is 2.08. The van der Waals surface area contributed by atoms with Crippen molar-refractivity contribution in [2.45, 2.75) is 19.3 Å². The maximum Gasteiger partial charge on any atom is 0.159 e. The van der Waals surface area contributed by atoms with Crippen molar-refractivity contribution in [1.29, 1.82) is 0 Å². The first-order chi connectivity index (χ1) is 9.24. The van der Waals surface area contributed by atoms with Crippen LogP contribution < -0.4 is 4.90 Å². The summed E-state index contributed by atoms with van der Waals surface area (Å²) in [7, 11) is 2.00. The van der Waals surface area contributed by atoms with E-state index in [1.807, 2.05) is 31.3 Å². The first kappa shape index (κ1) is 14.0. The largest absolute Gasteiger partial charge is 0.396 e. The lowest BCUT2D eigenvalue weighted by Crippen LogP contribution is -2.20. The molecule has 0 bridgehead atoms. The Kier molecular flexibility index (Phi) is 4.93. The second-order valence-electron chi connectivity index (χ2n) is 4.57. The van der Waals surface area contributed by atoms with Crippen molar-refractivity contribution in [1.82, 2.24) is 10.2 Å². The summed E-state index contributed by atoms with van der Waals surface area (Å²) in [6, 6.07) is 7.88. The van der Waals surface area contributed by atoms with Gasteiger partial charge in [-0.15, -0.1) is 10.2 Å². The van der Waals surface area contributed by atoms with Gasteiger partial charge in [-0.25, -0.2) is 0 Å². The Morgan fingerprint density at radius 1 is 1.11 bits per heavy atom. The summed E-state index contributed by atoms with van der Waals surface area (Å²) in [4.78, 5) is 2.09. The summed E-state index contributed by atoms with van der Waals surface area (Å²) in [5.41, 5.74) is 0. The lowest BCUT2D eigenvalue weighted by atomic mass is 10.2. The highest BCUT2D eigenvalue weighted by molar-refractivity contribution is 6.34. The van der Waals surface area contributed by atoms with E-state index in [2.05, 4.69) is 15.1 Å². The lowest BCUT2D eigenvalue weighted by molar-refractivity contribution is 0.283. The van der Waals surface area contributed by atoms with Crippen molar-refractivity contribution in [2.24, 2.45) is 0 Å². The third kappa shape index (κ3) is 3.33. The number of aromatic nitrogens is 2. The molecule has 0 radical (unpaired) electrons. The third-order valence-electron chi connectivity index (χ3n) is 3.14. The van der Waals surface area contributed by atoms with E-state index >= 15 is 0 Å². The van der Waals surface area contributed by atoms with Gasteiger partial charge < -0.3 is 10.0 Å². The van der Waals surface area contributed by atoms with Crippen molar-refractivity contribution >= 4 is 28.2 Å². The molecule has 0 aliphatic rings. The van der Waals surface area contributed by atoms with E-state index < -0.39 is 0 Å². The Morgan fingerprint density at radius 2 is 1.84 bits per heavy atom. The molecule has 0 aliphatic heterocycles. The number of rotatable bonds is 6. The van der Waals surface area contributed by atoms with Crippen molar-refractivity contribution in [3.63, 3.8) is 0 Å². The van der Waals surface area contributed by atoms with E-state index in [0.29, 0.717) is 5.15 Å². The topological polar surface area (TPSA) is 49.2 Å². The number of hydrogen-bond acceptors (Lipinski definition) is 4. The minimum absolute atomic E-state index is 0.257. The Morgan fingerprint density at radius 3 is 2.58 bits per heavy atom. The van der Waals surface area contributed by atoms with Crippen molar-refractivity contribution in [2.75, 3.05) is 25.1 Å². The molecule has 1 N–H and O–H groups in total.